The van der Waals surface area contributed by atoms with Crippen molar-refractivity contribution >= 4 is 11.6 Å². The Kier molecular flexibility index (Phi) is 5.09. The second-order valence-electron chi connectivity index (χ2n) is 3.68. The van der Waals surface area contributed by atoms with Gasteiger partial charge in [0.05, 0.1) is 6.61 Å². The molecule has 0 bridgehead atoms. The minimum atomic E-state index is 0.406. The van der Waals surface area contributed by atoms with Gasteiger partial charge in [-0.2, -0.15) is 0 Å². The maximum Gasteiger partial charge on any atom is 0.0930 e. The van der Waals surface area contributed by atoms with Crippen LogP contribution in [0.25, 0.3) is 0 Å². The van der Waals surface area contributed by atoms with E-state index in [1.54, 1.807) is 0 Å². The summed E-state index contributed by atoms with van der Waals surface area (Å²) < 4.78 is 0. The molecule has 0 spiro atoms. The van der Waals surface area contributed by atoms with Gasteiger partial charge in [0.2, 0.25) is 0 Å². The molecule has 1 rings (SSSR count). The summed E-state index contributed by atoms with van der Waals surface area (Å²) in [4.78, 5) is 4.58. The second kappa shape index (κ2) is 6.11. The van der Waals surface area contributed by atoms with Gasteiger partial charge >= 0.3 is 0 Å². The molecule has 0 unspecified atom stereocenters. The molecule has 1 aromatic carbocycles. The van der Waals surface area contributed by atoms with E-state index in [0.29, 0.717) is 12.5 Å². The molecule has 0 heterocycles. The van der Waals surface area contributed by atoms with Gasteiger partial charge < -0.3 is 0 Å². The molecule has 0 saturated heterocycles. The van der Waals surface area contributed by atoms with Crippen LogP contribution in [0.15, 0.2) is 18.2 Å². The van der Waals surface area contributed by atoms with Crippen LogP contribution in [-0.4, -0.2) is 0 Å². The Morgan fingerprint density at radius 3 is 2.47 bits per heavy atom. The average Bonchev–Trinajstić information content (AvgIpc) is 2.23. The molecule has 1 aromatic rings. The highest BCUT2D eigenvalue weighted by molar-refractivity contribution is 6.31. The lowest BCUT2D eigenvalue weighted by Gasteiger charge is -2.15. The molecule has 0 aliphatic rings. The third-order valence-corrected chi connectivity index (χ3v) is 3.07. The first kappa shape index (κ1) is 12.5. The second-order valence-corrected chi connectivity index (χ2v) is 4.09. The molecule has 2 nitrogen and oxygen atoms in total. The van der Waals surface area contributed by atoms with Crippen LogP contribution in [0, 0.1) is 0 Å². The van der Waals surface area contributed by atoms with Crippen molar-refractivity contribution in [3.05, 3.63) is 34.3 Å². The molecule has 3 heteroatoms. The van der Waals surface area contributed by atoms with Gasteiger partial charge in [-0.15, -0.1) is 0 Å². The van der Waals surface area contributed by atoms with Crippen LogP contribution in [-0.2, 0) is 11.4 Å². The Labute approximate surface area is 96.3 Å². The molecule has 0 fully saturated rings. The first-order valence-corrected chi connectivity index (χ1v) is 5.70. The lowest BCUT2D eigenvalue weighted by molar-refractivity contribution is 0.124. The molecular weight excluding hydrogens is 210 g/mol. The fourth-order valence-corrected chi connectivity index (χ4v) is 2.17. The van der Waals surface area contributed by atoms with Crippen molar-refractivity contribution in [2.45, 2.75) is 39.2 Å². The molecule has 0 atom stereocenters. The normalized spacial score (nSPS) is 11.0. The maximum atomic E-state index is 6.22. The molecule has 0 amide bonds. The Morgan fingerprint density at radius 2 is 2.00 bits per heavy atom. The third-order valence-electron chi connectivity index (χ3n) is 2.74. The quantitative estimate of drug-likeness (QED) is 0.780. The predicted octanol–water partition coefficient (Wildman–Crippen LogP) is 3.63. The Hall–Kier alpha value is -0.570. The van der Waals surface area contributed by atoms with Crippen LogP contribution in [0.5, 0.6) is 0 Å². The fourth-order valence-electron chi connectivity index (χ4n) is 1.82. The number of hydrogen-bond acceptors (Lipinski definition) is 2. The maximum absolute atomic E-state index is 6.22. The van der Waals surface area contributed by atoms with E-state index in [2.05, 4.69) is 24.8 Å². The zero-order chi connectivity index (χ0) is 11.3. The van der Waals surface area contributed by atoms with Crippen LogP contribution in [0.3, 0.4) is 0 Å². The van der Waals surface area contributed by atoms with Crippen LogP contribution in [0.2, 0.25) is 5.02 Å². The minimum absolute atomic E-state index is 0.406. The largest absolute Gasteiger partial charge is 0.300 e. The smallest absolute Gasteiger partial charge is 0.0930 e. The number of hydrogen-bond donors (Lipinski definition) is 1. The van der Waals surface area contributed by atoms with E-state index in [4.69, 9.17) is 17.5 Å². The molecule has 0 aromatic heterocycles. The number of benzene rings is 1. The van der Waals surface area contributed by atoms with E-state index in [1.165, 1.54) is 5.56 Å². The average molecular weight is 228 g/mol. The van der Waals surface area contributed by atoms with Gasteiger partial charge in [0.1, 0.15) is 0 Å². The lowest BCUT2D eigenvalue weighted by atomic mass is 9.93. The molecule has 2 N–H and O–H groups in total. The Morgan fingerprint density at radius 1 is 1.33 bits per heavy atom. The molecule has 0 aliphatic heterocycles. The van der Waals surface area contributed by atoms with Gasteiger partial charge in [0.15, 0.2) is 0 Å². The minimum Gasteiger partial charge on any atom is -0.300 e. The fraction of sp³-hybridized carbons (Fsp3) is 0.500. The van der Waals surface area contributed by atoms with E-state index in [1.807, 2.05) is 12.1 Å². The standard InChI is InChI=1S/C12H18ClNO/c1-3-10(4-2)11-6-5-9(8-15-14)7-12(11)13/h5-7,10H,3-4,8,14H2,1-2H3. The number of nitrogens with two attached hydrogens (primary N) is 1. The lowest BCUT2D eigenvalue weighted by Crippen LogP contribution is -2.01. The van der Waals surface area contributed by atoms with Crippen molar-refractivity contribution in [2.75, 3.05) is 0 Å². The summed E-state index contributed by atoms with van der Waals surface area (Å²) in [6.07, 6.45) is 2.23. The zero-order valence-electron chi connectivity index (χ0n) is 9.29. The van der Waals surface area contributed by atoms with Crippen LogP contribution in [0.1, 0.15) is 43.7 Å². The van der Waals surface area contributed by atoms with Crippen LogP contribution >= 0.6 is 11.6 Å². The highest BCUT2D eigenvalue weighted by Crippen LogP contribution is 2.30. The first-order chi connectivity index (χ1) is 7.22. The Bertz CT molecular complexity index is 310. The highest BCUT2D eigenvalue weighted by atomic mass is 35.5. The molecule has 0 aliphatic carbocycles. The van der Waals surface area contributed by atoms with E-state index in [-0.39, 0.29) is 0 Å². The summed E-state index contributed by atoms with van der Waals surface area (Å²) in [5.41, 5.74) is 2.24. The molecule has 84 valence electrons. The van der Waals surface area contributed by atoms with Crippen molar-refractivity contribution in [3.8, 4) is 0 Å². The van der Waals surface area contributed by atoms with Crippen molar-refractivity contribution in [3.63, 3.8) is 0 Å². The summed E-state index contributed by atoms with van der Waals surface area (Å²) in [5, 5.41) is 0.818. The Balaban J connectivity index is 2.91. The summed E-state index contributed by atoms with van der Waals surface area (Å²) in [5.74, 6) is 5.56. The number of rotatable bonds is 5. The third kappa shape index (κ3) is 3.20. The van der Waals surface area contributed by atoms with Crippen LogP contribution < -0.4 is 5.90 Å². The summed E-state index contributed by atoms with van der Waals surface area (Å²) in [6, 6.07) is 6.03. The van der Waals surface area contributed by atoms with Gasteiger partial charge in [-0.25, -0.2) is 5.90 Å². The van der Waals surface area contributed by atoms with Gasteiger partial charge in [-0.3, -0.25) is 4.84 Å². The first-order valence-electron chi connectivity index (χ1n) is 5.32. The van der Waals surface area contributed by atoms with Crippen molar-refractivity contribution in [2.24, 2.45) is 5.90 Å². The zero-order valence-corrected chi connectivity index (χ0v) is 10.1. The van der Waals surface area contributed by atoms with Crippen molar-refractivity contribution < 1.29 is 4.84 Å². The van der Waals surface area contributed by atoms with Gasteiger partial charge in [-0.05, 0) is 36.0 Å². The molecule has 0 radical (unpaired) electrons. The predicted molar refractivity (Wildman–Crippen MR) is 63.8 cm³/mol. The van der Waals surface area contributed by atoms with E-state index in [0.717, 1.165) is 23.4 Å². The summed E-state index contributed by atoms with van der Waals surface area (Å²) >= 11 is 6.22. The monoisotopic (exact) mass is 227 g/mol. The number of halogens is 1. The molecule has 0 saturated carbocycles. The summed E-state index contributed by atoms with van der Waals surface area (Å²) in [7, 11) is 0. The van der Waals surface area contributed by atoms with E-state index >= 15 is 0 Å². The van der Waals surface area contributed by atoms with Gasteiger partial charge in [-0.1, -0.05) is 37.6 Å². The van der Waals surface area contributed by atoms with E-state index in [9.17, 15) is 0 Å². The summed E-state index contributed by atoms with van der Waals surface area (Å²) in [6.45, 7) is 4.77. The van der Waals surface area contributed by atoms with Gasteiger partial charge in [0.25, 0.3) is 0 Å². The molecule has 15 heavy (non-hydrogen) atoms. The van der Waals surface area contributed by atoms with E-state index < -0.39 is 0 Å². The topological polar surface area (TPSA) is 35.2 Å². The SMILES string of the molecule is CCC(CC)c1ccc(CON)cc1Cl. The highest BCUT2D eigenvalue weighted by Gasteiger charge is 2.11. The van der Waals surface area contributed by atoms with Gasteiger partial charge in [0, 0.05) is 5.02 Å². The van der Waals surface area contributed by atoms with Crippen molar-refractivity contribution in [1.29, 1.82) is 0 Å². The van der Waals surface area contributed by atoms with Crippen LogP contribution in [0.4, 0.5) is 0 Å². The van der Waals surface area contributed by atoms with Crippen molar-refractivity contribution in [1.82, 2.24) is 0 Å². The molecular formula is C12H18ClNO.